The van der Waals surface area contributed by atoms with Gasteiger partial charge in [0.05, 0.1) is 16.3 Å². The molecule has 2 aliphatic rings. The molecule has 9 nitrogen and oxygen atoms in total. The summed E-state index contributed by atoms with van der Waals surface area (Å²) in [6.45, 7) is 3.07. The van der Waals surface area contributed by atoms with Gasteiger partial charge in [0, 0.05) is 0 Å². The molecule has 1 aliphatic heterocycles. The van der Waals surface area contributed by atoms with Gasteiger partial charge >= 0.3 is 6.03 Å². The minimum absolute atomic E-state index is 0.0419. The number of anilines is 1. The van der Waals surface area contributed by atoms with Crippen LogP contribution in [-0.4, -0.2) is 54.1 Å². The van der Waals surface area contributed by atoms with Gasteiger partial charge in [-0.3, -0.25) is 14.5 Å². The average Bonchev–Trinajstić information content (AvgIpc) is 2.94. The van der Waals surface area contributed by atoms with Crippen LogP contribution in [0.3, 0.4) is 0 Å². The maximum absolute atomic E-state index is 12.9. The second-order valence-electron chi connectivity index (χ2n) is 7.89. The molecule has 10 heteroatoms. The van der Waals surface area contributed by atoms with Crippen LogP contribution in [0, 0.1) is 5.92 Å². The second kappa shape index (κ2) is 8.25. The average molecular weight is 438 g/mol. The summed E-state index contributed by atoms with van der Waals surface area (Å²) in [5, 5.41) is 15.1. The maximum Gasteiger partial charge on any atom is 0.325 e. The third-order valence-corrected chi connectivity index (χ3v) is 7.80. The number of aromatic hydroxyl groups is 1. The van der Waals surface area contributed by atoms with Crippen LogP contribution in [-0.2, 0) is 19.4 Å². The zero-order valence-electron chi connectivity index (χ0n) is 17.1. The molecule has 1 aliphatic carbocycles. The molecular weight excluding hydrogens is 410 g/mol. The van der Waals surface area contributed by atoms with Gasteiger partial charge in [0.2, 0.25) is 5.91 Å². The third kappa shape index (κ3) is 4.14. The monoisotopic (exact) mass is 437 g/mol. The van der Waals surface area contributed by atoms with Crippen LogP contribution in [0.25, 0.3) is 0 Å². The van der Waals surface area contributed by atoms with Crippen LogP contribution in [0.1, 0.15) is 46.0 Å². The highest BCUT2D eigenvalue weighted by atomic mass is 32.2. The Morgan fingerprint density at radius 2 is 1.93 bits per heavy atom. The Bertz CT molecular complexity index is 967. The van der Waals surface area contributed by atoms with Crippen LogP contribution in [0.15, 0.2) is 23.1 Å². The number of hydrogen-bond acceptors (Lipinski definition) is 6. The Morgan fingerprint density at radius 1 is 1.27 bits per heavy atom. The molecule has 30 heavy (non-hydrogen) atoms. The van der Waals surface area contributed by atoms with Crippen LogP contribution in [0.4, 0.5) is 10.5 Å². The lowest BCUT2D eigenvalue weighted by atomic mass is 9.75. The van der Waals surface area contributed by atoms with E-state index in [9.17, 15) is 27.9 Å². The van der Waals surface area contributed by atoms with Crippen molar-refractivity contribution in [3.8, 4) is 5.75 Å². The van der Waals surface area contributed by atoms with E-state index in [0.29, 0.717) is 18.8 Å². The fraction of sp³-hybridized carbons (Fsp3) is 0.550. The van der Waals surface area contributed by atoms with Crippen LogP contribution in [0.2, 0.25) is 0 Å². The molecule has 1 aromatic rings. The molecule has 0 unspecified atom stereocenters. The van der Waals surface area contributed by atoms with Crippen molar-refractivity contribution in [3.63, 3.8) is 0 Å². The van der Waals surface area contributed by atoms with Gasteiger partial charge in [-0.2, -0.15) is 0 Å². The van der Waals surface area contributed by atoms with E-state index in [0.717, 1.165) is 30.2 Å². The highest BCUT2D eigenvalue weighted by molar-refractivity contribution is 7.91. The Morgan fingerprint density at radius 3 is 2.53 bits per heavy atom. The Labute approximate surface area is 175 Å². The fourth-order valence-electron chi connectivity index (χ4n) is 4.05. The summed E-state index contributed by atoms with van der Waals surface area (Å²) < 4.78 is 24.1. The van der Waals surface area contributed by atoms with Gasteiger partial charge in [0.15, 0.2) is 9.84 Å². The number of carbonyl (C=O) groups excluding carboxylic acids is 3. The number of amides is 4. The van der Waals surface area contributed by atoms with Gasteiger partial charge in [0.1, 0.15) is 17.8 Å². The fourth-order valence-corrected chi connectivity index (χ4v) is 4.95. The van der Waals surface area contributed by atoms with E-state index in [1.54, 1.807) is 0 Å². The summed E-state index contributed by atoms with van der Waals surface area (Å²) in [6, 6.07) is 2.97. The maximum atomic E-state index is 12.9. The van der Waals surface area contributed by atoms with Crippen molar-refractivity contribution in [2.75, 3.05) is 17.6 Å². The van der Waals surface area contributed by atoms with E-state index in [-0.39, 0.29) is 22.1 Å². The number of nitrogens with zero attached hydrogens (tertiary/aromatic N) is 1. The molecule has 3 N–H and O–H groups in total. The summed E-state index contributed by atoms with van der Waals surface area (Å²) in [5.74, 6) is -1.03. The van der Waals surface area contributed by atoms with E-state index in [1.165, 1.54) is 19.1 Å². The van der Waals surface area contributed by atoms with Gasteiger partial charge in [-0.25, -0.2) is 13.2 Å². The van der Waals surface area contributed by atoms with Crippen molar-refractivity contribution in [2.24, 2.45) is 5.92 Å². The van der Waals surface area contributed by atoms with Gasteiger partial charge in [-0.05, 0) is 49.8 Å². The molecular formula is C20H27N3O6S. The SMILES string of the molecule is CCC1CCC2(CC1)NC(=O)N(CC(=O)Nc1cc(S(=O)(=O)CC)ccc1O)C2=O. The first-order valence-electron chi connectivity index (χ1n) is 10.1. The summed E-state index contributed by atoms with van der Waals surface area (Å²) in [7, 11) is -3.53. The standard InChI is InChI=1S/C20H27N3O6S/c1-3-13-7-9-20(10-8-13)18(26)23(19(27)22-20)12-17(25)21-15-11-14(5-6-16(15)24)30(28,29)4-2/h5-6,11,13,24H,3-4,7-10,12H2,1-2H3,(H,21,25)(H,22,27). The zero-order chi connectivity index (χ0) is 22.1. The quantitative estimate of drug-likeness (QED) is 0.461. The smallest absolute Gasteiger partial charge is 0.325 e. The minimum Gasteiger partial charge on any atom is -0.506 e. The molecule has 1 heterocycles. The molecule has 0 atom stereocenters. The Hall–Kier alpha value is -2.62. The van der Waals surface area contributed by atoms with Crippen molar-refractivity contribution in [1.29, 1.82) is 0 Å². The number of rotatable bonds is 6. The van der Waals surface area contributed by atoms with Crippen LogP contribution >= 0.6 is 0 Å². The minimum atomic E-state index is -3.53. The number of hydrogen-bond donors (Lipinski definition) is 3. The molecule has 0 radical (unpaired) electrons. The lowest BCUT2D eigenvalue weighted by Crippen LogP contribution is -2.49. The van der Waals surface area contributed by atoms with Gasteiger partial charge in [0.25, 0.3) is 5.91 Å². The number of phenolic OH excluding ortho intramolecular Hbond substituents is 1. The molecule has 0 aromatic heterocycles. The van der Waals surface area contributed by atoms with Crippen molar-refractivity contribution in [3.05, 3.63) is 18.2 Å². The zero-order valence-corrected chi connectivity index (χ0v) is 17.9. The number of carbonyl (C=O) groups is 3. The predicted octanol–water partition coefficient (Wildman–Crippen LogP) is 2.02. The largest absolute Gasteiger partial charge is 0.506 e. The lowest BCUT2D eigenvalue weighted by Gasteiger charge is -2.34. The molecule has 4 amide bonds. The molecule has 1 saturated carbocycles. The van der Waals surface area contributed by atoms with Crippen molar-refractivity contribution >= 4 is 33.4 Å². The molecule has 164 valence electrons. The molecule has 1 spiro atoms. The van der Waals surface area contributed by atoms with Crippen LogP contribution in [0.5, 0.6) is 5.75 Å². The predicted molar refractivity (Wildman–Crippen MR) is 110 cm³/mol. The number of urea groups is 1. The number of phenols is 1. The van der Waals surface area contributed by atoms with Crippen molar-refractivity contribution in [2.45, 2.75) is 56.4 Å². The van der Waals surface area contributed by atoms with Crippen molar-refractivity contribution < 1.29 is 27.9 Å². The normalized spacial score (nSPS) is 24.2. The summed E-state index contributed by atoms with van der Waals surface area (Å²) in [5.41, 5.74) is -1.04. The van der Waals surface area contributed by atoms with E-state index in [4.69, 9.17) is 0 Å². The van der Waals surface area contributed by atoms with Crippen molar-refractivity contribution in [1.82, 2.24) is 10.2 Å². The van der Waals surface area contributed by atoms with Crippen LogP contribution < -0.4 is 10.6 Å². The summed E-state index contributed by atoms with van der Waals surface area (Å²) in [6.07, 6.45) is 3.81. The van der Waals surface area contributed by atoms with Gasteiger partial charge in [-0.1, -0.05) is 20.3 Å². The van der Waals surface area contributed by atoms with E-state index >= 15 is 0 Å². The molecule has 0 bridgehead atoms. The lowest BCUT2D eigenvalue weighted by molar-refractivity contribution is -0.135. The Kier molecular flexibility index (Phi) is 6.07. The number of sulfone groups is 1. The van der Waals surface area contributed by atoms with E-state index in [2.05, 4.69) is 17.6 Å². The Balaban J connectivity index is 1.70. The molecule has 3 rings (SSSR count). The van der Waals surface area contributed by atoms with Gasteiger partial charge < -0.3 is 15.7 Å². The first-order valence-corrected chi connectivity index (χ1v) is 11.8. The van der Waals surface area contributed by atoms with E-state index in [1.807, 2.05) is 0 Å². The van der Waals surface area contributed by atoms with Gasteiger partial charge in [-0.15, -0.1) is 0 Å². The second-order valence-corrected chi connectivity index (χ2v) is 10.2. The number of nitrogens with one attached hydrogen (secondary N) is 2. The topological polar surface area (TPSA) is 133 Å². The first-order chi connectivity index (χ1) is 14.1. The summed E-state index contributed by atoms with van der Waals surface area (Å²) in [4.78, 5) is 38.6. The number of imide groups is 1. The van der Waals surface area contributed by atoms with E-state index < -0.39 is 39.8 Å². The molecule has 1 aromatic carbocycles. The number of benzene rings is 1. The first kappa shape index (κ1) is 22.1. The summed E-state index contributed by atoms with van der Waals surface area (Å²) >= 11 is 0. The molecule has 2 fully saturated rings. The highest BCUT2D eigenvalue weighted by Crippen LogP contribution is 2.37. The molecule has 1 saturated heterocycles. The highest BCUT2D eigenvalue weighted by Gasteiger charge is 2.52. The third-order valence-electron chi connectivity index (χ3n) is 6.06.